The molecule has 1 fully saturated rings. The molecular weight excluding hydrogens is 398 g/mol. The maximum atomic E-state index is 10.9. The molecule has 0 saturated carbocycles. The Bertz CT molecular complexity index is 974. The van der Waals surface area contributed by atoms with E-state index in [1.54, 1.807) is 11.9 Å². The first-order valence-corrected chi connectivity index (χ1v) is 10.2. The van der Waals surface area contributed by atoms with Crippen molar-refractivity contribution in [2.45, 2.75) is 23.8 Å². The third-order valence-corrected chi connectivity index (χ3v) is 6.48. The number of carbonyl (C=O) groups is 1. The number of nitrogens with one attached hydrogen (secondary N) is 1. The number of hydrogen-bond acceptors (Lipinski definition) is 7. The molecule has 1 saturated heterocycles. The highest BCUT2D eigenvalue weighted by molar-refractivity contribution is 7.97. The fourth-order valence-electron chi connectivity index (χ4n) is 3.51. The van der Waals surface area contributed by atoms with Gasteiger partial charge in [0.2, 0.25) is 6.41 Å². The van der Waals surface area contributed by atoms with Crippen molar-refractivity contribution in [3.05, 3.63) is 41.4 Å². The summed E-state index contributed by atoms with van der Waals surface area (Å²) in [6, 6.07) is 12.1. The number of fused-ring (bicyclic) bond motifs is 1. The Morgan fingerprint density at radius 3 is 2.75 bits per heavy atom. The van der Waals surface area contributed by atoms with E-state index in [2.05, 4.69) is 31.9 Å². The molecule has 1 amide bonds. The third kappa shape index (κ3) is 3.80. The van der Waals surface area contributed by atoms with Crippen molar-refractivity contribution in [3.63, 3.8) is 0 Å². The van der Waals surface area contributed by atoms with E-state index in [9.17, 15) is 4.79 Å². The number of halogens is 1. The minimum absolute atomic E-state index is 0.408. The largest absolute Gasteiger partial charge is 0.370 e. The molecular formula is C19H20ClN5O2S. The molecule has 1 aliphatic rings. The number of para-hydroxylation sites is 2. The lowest BCUT2D eigenvalue weighted by Gasteiger charge is -2.37. The number of rotatable bonds is 6. The van der Waals surface area contributed by atoms with Crippen molar-refractivity contribution in [3.8, 4) is 0 Å². The molecule has 146 valence electrons. The van der Waals surface area contributed by atoms with E-state index in [4.69, 9.17) is 16.2 Å². The van der Waals surface area contributed by atoms with Gasteiger partial charge in [0.1, 0.15) is 0 Å². The molecule has 4 rings (SSSR count). The van der Waals surface area contributed by atoms with Crippen molar-refractivity contribution >= 4 is 52.4 Å². The maximum Gasteiger partial charge on any atom is 0.211 e. The number of hydrogen-bond donors (Lipinski definition) is 1. The summed E-state index contributed by atoms with van der Waals surface area (Å²) in [5.74, 6) is 0. The highest BCUT2D eigenvalue weighted by Gasteiger charge is 2.25. The predicted octanol–water partition coefficient (Wildman–Crippen LogP) is 4.05. The molecule has 1 aliphatic heterocycles. The first kappa shape index (κ1) is 19.0. The zero-order valence-electron chi connectivity index (χ0n) is 15.3. The van der Waals surface area contributed by atoms with Gasteiger partial charge in [0.15, 0.2) is 11.0 Å². The normalized spacial score (nSPS) is 15.6. The van der Waals surface area contributed by atoms with Crippen LogP contribution in [0.3, 0.4) is 0 Å². The van der Waals surface area contributed by atoms with E-state index in [1.807, 2.05) is 36.4 Å². The first-order chi connectivity index (χ1) is 13.7. The number of carbonyl (C=O) groups excluding carboxylic acids is 1. The van der Waals surface area contributed by atoms with Gasteiger partial charge >= 0.3 is 0 Å². The molecule has 7 nitrogen and oxygen atoms in total. The second kappa shape index (κ2) is 8.38. The summed E-state index contributed by atoms with van der Waals surface area (Å²) >= 11 is 7.81. The fourth-order valence-corrected chi connectivity index (χ4v) is 4.72. The summed E-state index contributed by atoms with van der Waals surface area (Å²) in [4.78, 5) is 14.1. The quantitative estimate of drug-likeness (QED) is 0.479. The molecule has 2 aromatic carbocycles. The van der Waals surface area contributed by atoms with Gasteiger partial charge in [-0.25, -0.2) is 8.93 Å². The highest BCUT2D eigenvalue weighted by Crippen LogP contribution is 2.35. The van der Waals surface area contributed by atoms with E-state index in [-0.39, 0.29) is 0 Å². The topological polar surface area (TPSA) is 74.5 Å². The van der Waals surface area contributed by atoms with Crippen LogP contribution in [0.5, 0.6) is 0 Å². The average Bonchev–Trinajstić information content (AvgIpc) is 3.22. The van der Waals surface area contributed by atoms with Gasteiger partial charge in [-0.3, -0.25) is 4.79 Å². The van der Waals surface area contributed by atoms with Crippen molar-refractivity contribution in [2.75, 3.05) is 30.4 Å². The second-order valence-electron chi connectivity index (χ2n) is 6.65. The van der Waals surface area contributed by atoms with E-state index in [1.165, 1.54) is 0 Å². The first-order valence-electron chi connectivity index (χ1n) is 9.03. The van der Waals surface area contributed by atoms with Gasteiger partial charge in [-0.05, 0) is 59.4 Å². The molecule has 0 atom stereocenters. The van der Waals surface area contributed by atoms with Gasteiger partial charge in [0.05, 0.1) is 21.3 Å². The zero-order valence-corrected chi connectivity index (χ0v) is 16.9. The number of benzene rings is 2. The standard InChI is InChI=1S/C19H20ClN5O2S/c1-24(16-5-3-2-4-15(16)21-12-26)13-8-10-25(11-9-13)28-17-7-6-14(20)18-19(17)23-27-22-18/h2-7,12-13H,8-11H2,1H3,(H,21,26). The molecule has 0 spiro atoms. The minimum atomic E-state index is 0.408. The monoisotopic (exact) mass is 417 g/mol. The lowest BCUT2D eigenvalue weighted by molar-refractivity contribution is -0.105. The van der Waals surface area contributed by atoms with Gasteiger partial charge in [-0.15, -0.1) is 0 Å². The van der Waals surface area contributed by atoms with Gasteiger partial charge in [-0.1, -0.05) is 23.7 Å². The summed E-state index contributed by atoms with van der Waals surface area (Å²) < 4.78 is 7.18. The van der Waals surface area contributed by atoms with Crippen LogP contribution >= 0.6 is 23.5 Å². The summed E-state index contributed by atoms with van der Waals surface area (Å²) in [6.07, 6.45) is 2.76. The Labute approximate surface area is 172 Å². The van der Waals surface area contributed by atoms with E-state index in [0.717, 1.165) is 48.6 Å². The van der Waals surface area contributed by atoms with Crippen LogP contribution in [0.15, 0.2) is 45.9 Å². The van der Waals surface area contributed by atoms with Crippen LogP contribution < -0.4 is 10.2 Å². The molecule has 0 bridgehead atoms. The number of anilines is 2. The van der Waals surface area contributed by atoms with Crippen LogP contribution in [0.25, 0.3) is 11.0 Å². The van der Waals surface area contributed by atoms with Gasteiger partial charge in [0, 0.05) is 26.2 Å². The smallest absolute Gasteiger partial charge is 0.211 e. The fraction of sp³-hybridized carbons (Fsp3) is 0.316. The Morgan fingerprint density at radius 1 is 1.21 bits per heavy atom. The van der Waals surface area contributed by atoms with Crippen molar-refractivity contribution in [2.24, 2.45) is 0 Å². The van der Waals surface area contributed by atoms with Crippen molar-refractivity contribution in [1.82, 2.24) is 14.6 Å². The van der Waals surface area contributed by atoms with Gasteiger partial charge in [-0.2, -0.15) is 0 Å². The van der Waals surface area contributed by atoms with Gasteiger partial charge in [0.25, 0.3) is 0 Å². The Kier molecular flexibility index (Phi) is 5.70. The van der Waals surface area contributed by atoms with Gasteiger partial charge < -0.3 is 10.2 Å². The zero-order chi connectivity index (χ0) is 19.5. The molecule has 2 heterocycles. The minimum Gasteiger partial charge on any atom is -0.370 e. The van der Waals surface area contributed by atoms with Crippen LogP contribution in [0.1, 0.15) is 12.8 Å². The molecule has 9 heteroatoms. The molecule has 28 heavy (non-hydrogen) atoms. The highest BCUT2D eigenvalue weighted by atomic mass is 35.5. The summed E-state index contributed by atoms with van der Waals surface area (Å²) in [7, 11) is 2.09. The average molecular weight is 418 g/mol. The van der Waals surface area contributed by atoms with Crippen LogP contribution in [-0.4, -0.2) is 47.2 Å². The second-order valence-corrected chi connectivity index (χ2v) is 8.19. The van der Waals surface area contributed by atoms with E-state index >= 15 is 0 Å². The maximum absolute atomic E-state index is 10.9. The molecule has 0 aliphatic carbocycles. The SMILES string of the molecule is CN(c1ccccc1NC=O)C1CCN(Sc2ccc(Cl)c3nonc23)CC1. The van der Waals surface area contributed by atoms with E-state index < -0.39 is 0 Å². The number of aromatic nitrogens is 2. The molecule has 1 N–H and O–H groups in total. The third-order valence-electron chi connectivity index (χ3n) is 5.03. The summed E-state index contributed by atoms with van der Waals surface area (Å²) in [5.41, 5.74) is 3.17. The molecule has 3 aromatic rings. The number of amides is 1. The van der Waals surface area contributed by atoms with E-state index in [0.29, 0.717) is 22.1 Å². The lowest BCUT2D eigenvalue weighted by Crippen LogP contribution is -2.41. The number of nitrogens with zero attached hydrogens (tertiary/aromatic N) is 4. The van der Waals surface area contributed by atoms with Crippen LogP contribution in [-0.2, 0) is 4.79 Å². The Morgan fingerprint density at radius 2 is 1.96 bits per heavy atom. The van der Waals surface area contributed by atoms with Crippen LogP contribution in [0.4, 0.5) is 11.4 Å². The van der Waals surface area contributed by atoms with Crippen LogP contribution in [0.2, 0.25) is 5.02 Å². The molecule has 0 unspecified atom stereocenters. The number of piperidine rings is 1. The molecule has 0 radical (unpaired) electrons. The van der Waals surface area contributed by atoms with Crippen LogP contribution in [0, 0.1) is 0 Å². The summed E-state index contributed by atoms with van der Waals surface area (Å²) in [6.45, 7) is 1.89. The van der Waals surface area contributed by atoms with Crippen molar-refractivity contribution in [1.29, 1.82) is 0 Å². The molecule has 1 aromatic heterocycles. The Hall–Kier alpha value is -2.29. The summed E-state index contributed by atoms with van der Waals surface area (Å²) in [5, 5.41) is 11.2. The predicted molar refractivity (Wildman–Crippen MR) is 112 cm³/mol. The van der Waals surface area contributed by atoms with Crippen molar-refractivity contribution < 1.29 is 9.42 Å². The lowest BCUT2D eigenvalue weighted by atomic mass is 10.0. The Balaban J connectivity index is 1.41.